The summed E-state index contributed by atoms with van der Waals surface area (Å²) in [7, 11) is 0. The Morgan fingerprint density at radius 3 is 3.00 bits per heavy atom. The van der Waals surface area contributed by atoms with Crippen molar-refractivity contribution in [3.8, 4) is 0 Å². The first-order chi connectivity index (χ1) is 8.83. The Hall–Kier alpha value is -0.860. The summed E-state index contributed by atoms with van der Waals surface area (Å²) in [6.45, 7) is 3.97. The van der Waals surface area contributed by atoms with Crippen LogP contribution < -0.4 is 5.32 Å². The maximum Gasteiger partial charge on any atom is 0.0721 e. The van der Waals surface area contributed by atoms with Gasteiger partial charge in [0.2, 0.25) is 0 Å². The van der Waals surface area contributed by atoms with E-state index in [0.29, 0.717) is 12.1 Å². The van der Waals surface area contributed by atoms with Gasteiger partial charge in [0.1, 0.15) is 0 Å². The van der Waals surface area contributed by atoms with Crippen LogP contribution in [0, 0.1) is 5.92 Å². The summed E-state index contributed by atoms with van der Waals surface area (Å²) in [5.74, 6) is 0.871. The van der Waals surface area contributed by atoms with E-state index in [4.69, 9.17) is 4.74 Å². The van der Waals surface area contributed by atoms with Crippen molar-refractivity contribution >= 4 is 0 Å². The third-order valence-corrected chi connectivity index (χ3v) is 4.35. The molecule has 2 aliphatic rings. The van der Waals surface area contributed by atoms with Gasteiger partial charge in [0.15, 0.2) is 0 Å². The molecule has 1 aromatic carbocycles. The molecule has 0 saturated heterocycles. The highest BCUT2D eigenvalue weighted by Gasteiger charge is 2.25. The van der Waals surface area contributed by atoms with Gasteiger partial charge in [-0.05, 0) is 29.9 Å². The molecule has 98 valence electrons. The summed E-state index contributed by atoms with van der Waals surface area (Å²) in [6.07, 6.45) is 5.41. The van der Waals surface area contributed by atoms with Crippen molar-refractivity contribution in [3.63, 3.8) is 0 Å². The van der Waals surface area contributed by atoms with Crippen molar-refractivity contribution < 1.29 is 4.74 Å². The van der Waals surface area contributed by atoms with Crippen molar-refractivity contribution in [1.29, 1.82) is 0 Å². The van der Waals surface area contributed by atoms with Gasteiger partial charge in [-0.25, -0.2) is 0 Å². The molecule has 0 amide bonds. The van der Waals surface area contributed by atoms with Gasteiger partial charge in [-0.2, -0.15) is 0 Å². The predicted octanol–water partition coefficient (Wildman–Crippen LogP) is 3.43. The largest absolute Gasteiger partial charge is 0.375 e. The smallest absolute Gasteiger partial charge is 0.0721 e. The molecule has 2 heteroatoms. The Morgan fingerprint density at radius 2 is 2.11 bits per heavy atom. The summed E-state index contributed by atoms with van der Waals surface area (Å²) in [4.78, 5) is 0. The first kappa shape index (κ1) is 12.2. The van der Waals surface area contributed by atoms with Crippen molar-refractivity contribution in [2.45, 2.75) is 51.3 Å². The van der Waals surface area contributed by atoms with Gasteiger partial charge >= 0.3 is 0 Å². The molecule has 1 heterocycles. The van der Waals surface area contributed by atoms with Crippen LogP contribution >= 0.6 is 0 Å². The average Bonchev–Trinajstić information content (AvgIpc) is 2.39. The second-order valence-electron chi connectivity index (χ2n) is 5.90. The fraction of sp³-hybridized carbons (Fsp3) is 0.625. The highest BCUT2D eigenvalue weighted by Crippen LogP contribution is 2.29. The molecular weight excluding hydrogens is 222 g/mol. The second-order valence-corrected chi connectivity index (χ2v) is 5.90. The lowest BCUT2D eigenvalue weighted by Gasteiger charge is -2.34. The molecule has 1 aliphatic heterocycles. The van der Waals surface area contributed by atoms with Gasteiger partial charge in [-0.15, -0.1) is 0 Å². The van der Waals surface area contributed by atoms with Crippen LogP contribution in [0.25, 0.3) is 0 Å². The highest BCUT2D eigenvalue weighted by molar-refractivity contribution is 5.31. The maximum absolute atomic E-state index is 5.71. The molecule has 3 unspecified atom stereocenters. The minimum Gasteiger partial charge on any atom is -0.375 e. The number of hydrogen-bond acceptors (Lipinski definition) is 2. The molecule has 1 N–H and O–H groups in total. The fourth-order valence-electron chi connectivity index (χ4n) is 3.39. The molecule has 3 atom stereocenters. The van der Waals surface area contributed by atoms with Crippen LogP contribution in [0.2, 0.25) is 0 Å². The van der Waals surface area contributed by atoms with Gasteiger partial charge in [-0.1, -0.05) is 44.0 Å². The van der Waals surface area contributed by atoms with E-state index in [0.717, 1.165) is 19.1 Å². The van der Waals surface area contributed by atoms with Gasteiger partial charge < -0.3 is 10.1 Å². The van der Waals surface area contributed by atoms with E-state index in [2.05, 4.69) is 36.5 Å². The third-order valence-electron chi connectivity index (χ3n) is 4.35. The SMILES string of the molecule is CC1CCCC(NC2COCc3ccccc32)C1. The molecule has 1 aliphatic carbocycles. The standard InChI is InChI=1S/C16H23NO/c1-12-5-4-7-14(9-12)17-16-11-18-10-13-6-2-3-8-15(13)16/h2-3,6,8,12,14,16-17H,4-5,7,9-11H2,1H3. The van der Waals surface area contributed by atoms with E-state index in [9.17, 15) is 0 Å². The van der Waals surface area contributed by atoms with E-state index in [1.807, 2.05) is 0 Å². The zero-order valence-electron chi connectivity index (χ0n) is 11.2. The minimum atomic E-state index is 0.394. The number of nitrogens with one attached hydrogen (secondary N) is 1. The zero-order chi connectivity index (χ0) is 12.4. The molecule has 18 heavy (non-hydrogen) atoms. The molecule has 0 bridgehead atoms. The molecule has 2 nitrogen and oxygen atoms in total. The van der Waals surface area contributed by atoms with E-state index in [1.54, 1.807) is 0 Å². The number of ether oxygens (including phenoxy) is 1. The summed E-state index contributed by atoms with van der Waals surface area (Å²) in [5, 5.41) is 3.82. The summed E-state index contributed by atoms with van der Waals surface area (Å²) in [5.41, 5.74) is 2.80. The summed E-state index contributed by atoms with van der Waals surface area (Å²) < 4.78 is 5.71. The van der Waals surface area contributed by atoms with Crippen molar-refractivity contribution in [3.05, 3.63) is 35.4 Å². The van der Waals surface area contributed by atoms with Crippen LogP contribution in [-0.2, 0) is 11.3 Å². The van der Waals surface area contributed by atoms with Crippen LogP contribution in [0.3, 0.4) is 0 Å². The summed E-state index contributed by atoms with van der Waals surface area (Å²) >= 11 is 0. The molecule has 3 rings (SSSR count). The van der Waals surface area contributed by atoms with Crippen molar-refractivity contribution in [1.82, 2.24) is 5.32 Å². The monoisotopic (exact) mass is 245 g/mol. The Bertz CT molecular complexity index is 404. The normalized spacial score (nSPS) is 31.9. The van der Waals surface area contributed by atoms with Gasteiger partial charge in [0.25, 0.3) is 0 Å². The number of fused-ring (bicyclic) bond motifs is 1. The third kappa shape index (κ3) is 2.60. The number of benzene rings is 1. The Balaban J connectivity index is 1.70. The van der Waals surface area contributed by atoms with Crippen LogP contribution in [0.15, 0.2) is 24.3 Å². The number of hydrogen-bond donors (Lipinski definition) is 1. The zero-order valence-corrected chi connectivity index (χ0v) is 11.2. The van der Waals surface area contributed by atoms with Crippen LogP contribution in [-0.4, -0.2) is 12.6 Å². The minimum absolute atomic E-state index is 0.394. The highest BCUT2D eigenvalue weighted by atomic mass is 16.5. The lowest BCUT2D eigenvalue weighted by atomic mass is 9.86. The van der Waals surface area contributed by atoms with E-state index >= 15 is 0 Å². The average molecular weight is 245 g/mol. The Morgan fingerprint density at radius 1 is 1.22 bits per heavy atom. The van der Waals surface area contributed by atoms with Crippen LogP contribution in [0.1, 0.15) is 49.8 Å². The maximum atomic E-state index is 5.71. The van der Waals surface area contributed by atoms with E-state index < -0.39 is 0 Å². The summed E-state index contributed by atoms with van der Waals surface area (Å²) in [6, 6.07) is 9.75. The first-order valence-electron chi connectivity index (χ1n) is 7.24. The second kappa shape index (κ2) is 5.41. The van der Waals surface area contributed by atoms with Gasteiger partial charge in [-0.3, -0.25) is 0 Å². The fourth-order valence-corrected chi connectivity index (χ4v) is 3.39. The van der Waals surface area contributed by atoms with Crippen molar-refractivity contribution in [2.24, 2.45) is 5.92 Å². The molecule has 1 fully saturated rings. The number of rotatable bonds is 2. The predicted molar refractivity (Wildman–Crippen MR) is 73.4 cm³/mol. The molecule has 0 radical (unpaired) electrons. The van der Waals surface area contributed by atoms with Gasteiger partial charge in [0, 0.05) is 6.04 Å². The molecule has 0 spiro atoms. The topological polar surface area (TPSA) is 21.3 Å². The molecule has 1 saturated carbocycles. The Kier molecular flexibility index (Phi) is 3.67. The molecule has 1 aromatic rings. The Labute approximate surface area is 110 Å². The van der Waals surface area contributed by atoms with Crippen LogP contribution in [0.4, 0.5) is 0 Å². The van der Waals surface area contributed by atoms with E-state index in [-0.39, 0.29) is 0 Å². The van der Waals surface area contributed by atoms with Crippen LogP contribution in [0.5, 0.6) is 0 Å². The molecule has 0 aromatic heterocycles. The lowest BCUT2D eigenvalue weighted by Crippen LogP contribution is -2.39. The quantitative estimate of drug-likeness (QED) is 0.862. The molecular formula is C16H23NO. The first-order valence-corrected chi connectivity index (χ1v) is 7.24. The van der Waals surface area contributed by atoms with E-state index in [1.165, 1.54) is 36.8 Å². The van der Waals surface area contributed by atoms with Crippen molar-refractivity contribution in [2.75, 3.05) is 6.61 Å². The van der Waals surface area contributed by atoms with Gasteiger partial charge in [0.05, 0.1) is 19.3 Å². The lowest BCUT2D eigenvalue weighted by molar-refractivity contribution is 0.0750.